The fraction of sp³-hybridized carbons (Fsp3) is 0.800. The van der Waals surface area contributed by atoms with E-state index >= 15 is 0 Å². The largest absolute Gasteiger partial charge is 0.469 e. The number of hydrogen-bond acceptors (Lipinski definition) is 5. The third kappa shape index (κ3) is 5.09. The van der Waals surface area contributed by atoms with Crippen LogP contribution in [0.3, 0.4) is 0 Å². The number of nitrogens with zero attached hydrogens (tertiary/aromatic N) is 2. The highest BCUT2D eigenvalue weighted by atomic mass is 32.1. The highest BCUT2D eigenvalue weighted by molar-refractivity contribution is 7.13. The highest BCUT2D eigenvalue weighted by Crippen LogP contribution is 2.17. The fourth-order valence-corrected chi connectivity index (χ4v) is 1.93. The van der Waals surface area contributed by atoms with Gasteiger partial charge in [-0.2, -0.15) is 0 Å². The minimum absolute atomic E-state index is 0.691. The zero-order valence-electron chi connectivity index (χ0n) is 9.45. The molecule has 0 amide bonds. The minimum atomic E-state index is 0.691. The van der Waals surface area contributed by atoms with E-state index in [9.17, 15) is 0 Å². The number of ether oxygens (including phenoxy) is 1. The molecular formula is C10H19N3OS. The van der Waals surface area contributed by atoms with Gasteiger partial charge in [0.25, 0.3) is 5.19 Å². The van der Waals surface area contributed by atoms with Crippen molar-refractivity contribution in [3.8, 4) is 5.19 Å². The molecule has 15 heavy (non-hydrogen) atoms. The number of unbranched alkanes of at least 4 members (excludes halogenated alkanes) is 3. The van der Waals surface area contributed by atoms with Crippen molar-refractivity contribution in [2.75, 3.05) is 13.7 Å². The molecule has 0 saturated heterocycles. The van der Waals surface area contributed by atoms with E-state index in [0.29, 0.717) is 5.19 Å². The Labute approximate surface area is 95.1 Å². The van der Waals surface area contributed by atoms with Crippen molar-refractivity contribution in [1.82, 2.24) is 15.5 Å². The molecule has 0 radical (unpaired) electrons. The second-order valence-corrected chi connectivity index (χ2v) is 4.43. The van der Waals surface area contributed by atoms with E-state index < -0.39 is 0 Å². The van der Waals surface area contributed by atoms with E-state index in [0.717, 1.165) is 24.6 Å². The Morgan fingerprint density at radius 1 is 1.27 bits per heavy atom. The van der Waals surface area contributed by atoms with Gasteiger partial charge in [0.05, 0.1) is 6.61 Å². The van der Waals surface area contributed by atoms with Crippen molar-refractivity contribution in [2.24, 2.45) is 0 Å². The molecule has 0 atom stereocenters. The van der Waals surface area contributed by atoms with Crippen LogP contribution in [0.5, 0.6) is 5.19 Å². The predicted octanol–water partition coefficient (Wildman–Crippen LogP) is 2.22. The normalized spacial score (nSPS) is 10.5. The van der Waals surface area contributed by atoms with Crippen LogP contribution in [0.2, 0.25) is 0 Å². The average Bonchev–Trinajstić information content (AvgIpc) is 2.66. The first-order valence-electron chi connectivity index (χ1n) is 5.46. The van der Waals surface area contributed by atoms with E-state index in [1.54, 1.807) is 0 Å². The Kier molecular flexibility index (Phi) is 6.27. The molecule has 4 nitrogen and oxygen atoms in total. The molecule has 0 saturated carbocycles. The topological polar surface area (TPSA) is 47.0 Å². The molecule has 5 heteroatoms. The summed E-state index contributed by atoms with van der Waals surface area (Å²) in [6.07, 6.45) is 4.88. The molecule has 0 fully saturated rings. The Morgan fingerprint density at radius 2 is 2.13 bits per heavy atom. The summed E-state index contributed by atoms with van der Waals surface area (Å²) in [6, 6.07) is 0. The molecule has 1 aromatic rings. The number of rotatable bonds is 8. The lowest BCUT2D eigenvalue weighted by Gasteiger charge is -2.00. The molecule has 1 aromatic heterocycles. The van der Waals surface area contributed by atoms with Gasteiger partial charge in [-0.15, -0.1) is 10.2 Å². The fourth-order valence-electron chi connectivity index (χ4n) is 1.21. The molecular weight excluding hydrogens is 210 g/mol. The number of aromatic nitrogens is 2. The summed E-state index contributed by atoms with van der Waals surface area (Å²) in [5, 5.41) is 12.7. The van der Waals surface area contributed by atoms with Gasteiger partial charge in [0.2, 0.25) is 0 Å². The maximum Gasteiger partial charge on any atom is 0.294 e. The van der Waals surface area contributed by atoms with Crippen LogP contribution < -0.4 is 10.1 Å². The van der Waals surface area contributed by atoms with Gasteiger partial charge in [-0.25, -0.2) is 0 Å². The standard InChI is InChI=1S/C10H19N3OS/c1-3-4-5-6-7-14-10-13-12-9(15-10)8-11-2/h11H,3-8H2,1-2H3. The van der Waals surface area contributed by atoms with Crippen LogP contribution in [-0.4, -0.2) is 23.9 Å². The van der Waals surface area contributed by atoms with Crippen LogP contribution in [0.4, 0.5) is 0 Å². The molecule has 1 rings (SSSR count). The molecule has 0 spiro atoms. The first kappa shape index (κ1) is 12.4. The SMILES string of the molecule is CCCCCCOc1nnc(CNC)s1. The zero-order chi connectivity index (χ0) is 10.9. The summed E-state index contributed by atoms with van der Waals surface area (Å²) in [5.41, 5.74) is 0. The van der Waals surface area contributed by atoms with Crippen molar-refractivity contribution < 1.29 is 4.74 Å². The summed E-state index contributed by atoms with van der Waals surface area (Å²) in [6.45, 7) is 3.72. The van der Waals surface area contributed by atoms with Gasteiger partial charge in [-0.1, -0.05) is 37.5 Å². The van der Waals surface area contributed by atoms with Gasteiger partial charge in [-0.3, -0.25) is 0 Å². The van der Waals surface area contributed by atoms with Crippen molar-refractivity contribution in [2.45, 2.75) is 39.2 Å². The third-order valence-corrected chi connectivity index (χ3v) is 2.84. The number of nitrogens with one attached hydrogen (secondary N) is 1. The summed E-state index contributed by atoms with van der Waals surface area (Å²) in [5.74, 6) is 0. The highest BCUT2D eigenvalue weighted by Gasteiger charge is 2.03. The lowest BCUT2D eigenvalue weighted by atomic mass is 10.2. The summed E-state index contributed by atoms with van der Waals surface area (Å²) in [4.78, 5) is 0. The number of hydrogen-bond donors (Lipinski definition) is 1. The minimum Gasteiger partial charge on any atom is -0.469 e. The van der Waals surface area contributed by atoms with Crippen LogP contribution in [0, 0.1) is 0 Å². The van der Waals surface area contributed by atoms with Gasteiger partial charge in [-0.05, 0) is 13.5 Å². The maximum absolute atomic E-state index is 5.50. The lowest BCUT2D eigenvalue weighted by Crippen LogP contribution is -2.04. The molecule has 0 aliphatic rings. The molecule has 1 heterocycles. The van der Waals surface area contributed by atoms with Crippen molar-refractivity contribution in [3.05, 3.63) is 5.01 Å². The van der Waals surface area contributed by atoms with E-state index in [1.807, 2.05) is 7.05 Å². The summed E-state index contributed by atoms with van der Waals surface area (Å²) < 4.78 is 5.50. The second-order valence-electron chi connectivity index (χ2n) is 3.40. The van der Waals surface area contributed by atoms with E-state index in [1.165, 1.54) is 30.6 Å². The average molecular weight is 229 g/mol. The van der Waals surface area contributed by atoms with Gasteiger partial charge < -0.3 is 10.1 Å². The van der Waals surface area contributed by atoms with Gasteiger partial charge >= 0.3 is 0 Å². The molecule has 1 N–H and O–H groups in total. The van der Waals surface area contributed by atoms with E-state index in [-0.39, 0.29) is 0 Å². The first-order valence-corrected chi connectivity index (χ1v) is 6.28. The van der Waals surface area contributed by atoms with Crippen molar-refractivity contribution in [3.63, 3.8) is 0 Å². The monoisotopic (exact) mass is 229 g/mol. The second kappa shape index (κ2) is 7.59. The summed E-state index contributed by atoms with van der Waals surface area (Å²) >= 11 is 1.51. The molecule has 0 aliphatic heterocycles. The van der Waals surface area contributed by atoms with Crippen LogP contribution in [0.15, 0.2) is 0 Å². The predicted molar refractivity (Wildman–Crippen MR) is 62.3 cm³/mol. The quantitative estimate of drug-likeness (QED) is 0.694. The Bertz CT molecular complexity index is 265. The van der Waals surface area contributed by atoms with Crippen molar-refractivity contribution in [1.29, 1.82) is 0 Å². The van der Waals surface area contributed by atoms with Crippen LogP contribution in [0.25, 0.3) is 0 Å². The maximum atomic E-state index is 5.50. The lowest BCUT2D eigenvalue weighted by molar-refractivity contribution is 0.301. The molecule has 0 bridgehead atoms. The third-order valence-electron chi connectivity index (χ3n) is 2.00. The van der Waals surface area contributed by atoms with Gasteiger partial charge in [0, 0.05) is 6.54 Å². The Hall–Kier alpha value is -0.680. The zero-order valence-corrected chi connectivity index (χ0v) is 10.3. The van der Waals surface area contributed by atoms with E-state index in [4.69, 9.17) is 4.74 Å². The van der Waals surface area contributed by atoms with Crippen LogP contribution >= 0.6 is 11.3 Å². The van der Waals surface area contributed by atoms with Gasteiger partial charge in [0.15, 0.2) is 0 Å². The summed E-state index contributed by atoms with van der Waals surface area (Å²) in [7, 11) is 1.90. The van der Waals surface area contributed by atoms with Crippen LogP contribution in [0.1, 0.15) is 37.6 Å². The van der Waals surface area contributed by atoms with E-state index in [2.05, 4.69) is 22.4 Å². The van der Waals surface area contributed by atoms with Crippen LogP contribution in [-0.2, 0) is 6.54 Å². The molecule has 0 aliphatic carbocycles. The first-order chi connectivity index (χ1) is 7.36. The molecule has 86 valence electrons. The van der Waals surface area contributed by atoms with Gasteiger partial charge in [0.1, 0.15) is 5.01 Å². The smallest absolute Gasteiger partial charge is 0.294 e. The van der Waals surface area contributed by atoms with Crippen molar-refractivity contribution >= 4 is 11.3 Å². The molecule has 0 unspecified atom stereocenters. The molecule has 0 aromatic carbocycles. The Balaban J connectivity index is 2.14. The Morgan fingerprint density at radius 3 is 2.87 bits per heavy atom.